The number of methoxy groups -OCH3 is 1. The van der Waals surface area contributed by atoms with Crippen LogP contribution in [0.4, 0.5) is 0 Å². The fourth-order valence-corrected chi connectivity index (χ4v) is 1.22. The van der Waals surface area contributed by atoms with E-state index in [2.05, 4.69) is 4.74 Å². The van der Waals surface area contributed by atoms with Crippen molar-refractivity contribution < 1.29 is 18.7 Å². The van der Waals surface area contributed by atoms with Crippen molar-refractivity contribution in [2.75, 3.05) is 7.11 Å². The van der Waals surface area contributed by atoms with Crippen LogP contribution in [-0.4, -0.2) is 18.9 Å². The minimum atomic E-state index is -0.643. The summed E-state index contributed by atoms with van der Waals surface area (Å²) >= 11 is 0. The summed E-state index contributed by atoms with van der Waals surface area (Å²) in [6.07, 6.45) is 2.95. The summed E-state index contributed by atoms with van der Waals surface area (Å²) in [6, 6.07) is 3.11. The van der Waals surface area contributed by atoms with Crippen LogP contribution >= 0.6 is 0 Å². The molecule has 0 spiro atoms. The molecular weight excluding hydrogens is 208 g/mol. The number of esters is 1. The van der Waals surface area contributed by atoms with Gasteiger partial charge in [-0.05, 0) is 18.1 Å². The minimum absolute atomic E-state index is 0.00690. The Morgan fingerprint density at radius 3 is 2.56 bits per heavy atom. The predicted octanol–water partition coefficient (Wildman–Crippen LogP) is 2.22. The van der Waals surface area contributed by atoms with Gasteiger partial charge in [0.1, 0.15) is 5.57 Å². The van der Waals surface area contributed by atoms with E-state index in [4.69, 9.17) is 4.42 Å². The van der Waals surface area contributed by atoms with Crippen LogP contribution in [0.25, 0.3) is 0 Å². The van der Waals surface area contributed by atoms with Crippen molar-refractivity contribution in [3.63, 3.8) is 0 Å². The molecule has 0 aliphatic carbocycles. The van der Waals surface area contributed by atoms with E-state index in [1.54, 1.807) is 12.1 Å². The number of allylic oxidation sites excluding steroid dienone is 1. The number of furan rings is 1. The van der Waals surface area contributed by atoms with Crippen molar-refractivity contribution in [1.29, 1.82) is 0 Å². The highest BCUT2D eigenvalue weighted by molar-refractivity contribution is 6.23. The van der Waals surface area contributed by atoms with Crippen molar-refractivity contribution in [2.24, 2.45) is 5.92 Å². The smallest absolute Gasteiger partial charge is 0.341 e. The zero-order valence-corrected chi connectivity index (χ0v) is 9.52. The maximum absolute atomic E-state index is 11.9. The highest BCUT2D eigenvalue weighted by Crippen LogP contribution is 2.13. The largest absolute Gasteiger partial charge is 0.465 e. The summed E-state index contributed by atoms with van der Waals surface area (Å²) < 4.78 is 9.52. The molecule has 0 aromatic carbocycles. The third-order valence-electron chi connectivity index (χ3n) is 1.89. The molecule has 1 rings (SSSR count). The quantitative estimate of drug-likeness (QED) is 0.258. The average molecular weight is 222 g/mol. The molecule has 86 valence electrons. The lowest BCUT2D eigenvalue weighted by atomic mass is 10.0. The number of hydrogen-bond acceptors (Lipinski definition) is 4. The lowest BCUT2D eigenvalue weighted by molar-refractivity contribution is -0.135. The summed E-state index contributed by atoms with van der Waals surface area (Å²) in [5.41, 5.74) is 0.00690. The maximum atomic E-state index is 11.9. The first kappa shape index (κ1) is 12.2. The van der Waals surface area contributed by atoms with Crippen LogP contribution in [0, 0.1) is 5.92 Å². The van der Waals surface area contributed by atoms with Gasteiger partial charge in [0.2, 0.25) is 5.78 Å². The molecule has 0 atom stereocenters. The van der Waals surface area contributed by atoms with E-state index >= 15 is 0 Å². The standard InChI is InChI=1S/C12H14O4/c1-8(2)7-9(12(14)15-3)11(13)10-5-4-6-16-10/h4-8H,1-3H3/b9-7-. The summed E-state index contributed by atoms with van der Waals surface area (Å²) in [6.45, 7) is 3.75. The fourth-order valence-electron chi connectivity index (χ4n) is 1.22. The molecule has 0 aliphatic rings. The van der Waals surface area contributed by atoms with E-state index in [-0.39, 0.29) is 17.3 Å². The second-order valence-electron chi connectivity index (χ2n) is 3.62. The normalized spacial score (nSPS) is 11.6. The molecule has 1 heterocycles. The number of rotatable bonds is 4. The molecule has 0 saturated carbocycles. The highest BCUT2D eigenvalue weighted by atomic mass is 16.5. The van der Waals surface area contributed by atoms with E-state index < -0.39 is 11.8 Å². The van der Waals surface area contributed by atoms with Crippen molar-refractivity contribution >= 4 is 11.8 Å². The summed E-state index contributed by atoms with van der Waals surface area (Å²) in [5.74, 6) is -0.883. The molecule has 0 unspecified atom stereocenters. The number of Topliss-reactive ketones (excluding diaryl/α,β-unsaturated/α-hetero) is 1. The van der Waals surface area contributed by atoms with Crippen LogP contribution in [0.15, 0.2) is 34.5 Å². The Labute approximate surface area is 93.9 Å². The zero-order valence-electron chi connectivity index (χ0n) is 9.52. The minimum Gasteiger partial charge on any atom is -0.465 e. The lowest BCUT2D eigenvalue weighted by Gasteiger charge is -2.04. The molecule has 4 nitrogen and oxygen atoms in total. The van der Waals surface area contributed by atoms with Crippen LogP contribution < -0.4 is 0 Å². The Hall–Kier alpha value is -1.84. The zero-order chi connectivity index (χ0) is 12.1. The summed E-state index contributed by atoms with van der Waals surface area (Å²) in [5, 5.41) is 0. The fraction of sp³-hybridized carbons (Fsp3) is 0.333. The van der Waals surface area contributed by atoms with Gasteiger partial charge in [-0.1, -0.05) is 19.9 Å². The molecule has 16 heavy (non-hydrogen) atoms. The van der Waals surface area contributed by atoms with E-state index in [1.807, 2.05) is 13.8 Å². The molecule has 0 aliphatic heterocycles. The first-order chi connectivity index (χ1) is 7.56. The lowest BCUT2D eigenvalue weighted by Crippen LogP contribution is -2.15. The predicted molar refractivity (Wildman–Crippen MR) is 58.0 cm³/mol. The van der Waals surface area contributed by atoms with E-state index in [0.717, 1.165) is 0 Å². The van der Waals surface area contributed by atoms with Crippen molar-refractivity contribution in [3.8, 4) is 0 Å². The molecule has 0 saturated heterocycles. The molecule has 0 radical (unpaired) electrons. The van der Waals surface area contributed by atoms with Gasteiger partial charge in [-0.15, -0.1) is 0 Å². The average Bonchev–Trinajstić information content (AvgIpc) is 2.77. The van der Waals surface area contributed by atoms with Gasteiger partial charge in [-0.25, -0.2) is 4.79 Å². The summed E-state index contributed by atoms with van der Waals surface area (Å²) in [7, 11) is 1.24. The number of ether oxygens (including phenoxy) is 1. The molecule has 4 heteroatoms. The highest BCUT2D eigenvalue weighted by Gasteiger charge is 2.22. The summed E-state index contributed by atoms with van der Waals surface area (Å²) in [4.78, 5) is 23.3. The van der Waals surface area contributed by atoms with E-state index in [0.29, 0.717) is 0 Å². The first-order valence-electron chi connectivity index (χ1n) is 4.94. The van der Waals surface area contributed by atoms with Gasteiger partial charge in [0.05, 0.1) is 13.4 Å². The van der Waals surface area contributed by atoms with Gasteiger partial charge in [-0.2, -0.15) is 0 Å². The Kier molecular flexibility index (Phi) is 4.05. The van der Waals surface area contributed by atoms with Gasteiger partial charge >= 0.3 is 5.97 Å². The SMILES string of the molecule is COC(=O)/C(=C\C(C)C)C(=O)c1ccco1. The van der Waals surface area contributed by atoms with Gasteiger partial charge in [-0.3, -0.25) is 4.79 Å². The van der Waals surface area contributed by atoms with Gasteiger partial charge in [0.25, 0.3) is 0 Å². The van der Waals surface area contributed by atoms with E-state index in [1.165, 1.54) is 19.4 Å². The van der Waals surface area contributed by atoms with Crippen LogP contribution in [0.2, 0.25) is 0 Å². The monoisotopic (exact) mass is 222 g/mol. The molecule has 0 bridgehead atoms. The van der Waals surface area contributed by atoms with Crippen molar-refractivity contribution in [2.45, 2.75) is 13.8 Å². The molecule has 1 aromatic heterocycles. The topological polar surface area (TPSA) is 56.5 Å². The van der Waals surface area contributed by atoms with Gasteiger partial charge in [0.15, 0.2) is 5.76 Å². The van der Waals surface area contributed by atoms with Gasteiger partial charge < -0.3 is 9.15 Å². The molecule has 0 N–H and O–H groups in total. The van der Waals surface area contributed by atoms with Gasteiger partial charge in [0, 0.05) is 0 Å². The Balaban J connectivity index is 3.03. The van der Waals surface area contributed by atoms with Crippen molar-refractivity contribution in [1.82, 2.24) is 0 Å². The molecule has 0 amide bonds. The Morgan fingerprint density at radius 1 is 1.44 bits per heavy atom. The van der Waals surface area contributed by atoms with Crippen LogP contribution in [-0.2, 0) is 9.53 Å². The van der Waals surface area contributed by atoms with E-state index in [9.17, 15) is 9.59 Å². The second kappa shape index (κ2) is 5.30. The van der Waals surface area contributed by atoms with Crippen molar-refractivity contribution in [3.05, 3.63) is 35.8 Å². The molecule has 1 aromatic rings. The third kappa shape index (κ3) is 2.82. The second-order valence-corrected chi connectivity index (χ2v) is 3.62. The number of carbonyl (C=O) groups is 2. The Bertz CT molecular complexity index is 399. The van der Waals surface area contributed by atoms with Crippen LogP contribution in [0.1, 0.15) is 24.4 Å². The first-order valence-corrected chi connectivity index (χ1v) is 4.94. The van der Waals surface area contributed by atoms with Crippen LogP contribution in [0.3, 0.4) is 0 Å². The molecule has 0 fully saturated rings. The third-order valence-corrected chi connectivity index (χ3v) is 1.89. The number of carbonyl (C=O) groups excluding carboxylic acids is 2. The number of hydrogen-bond donors (Lipinski definition) is 0. The Morgan fingerprint density at radius 2 is 2.12 bits per heavy atom. The van der Waals surface area contributed by atoms with Crippen LogP contribution in [0.5, 0.6) is 0 Å². The number of ketones is 1. The maximum Gasteiger partial charge on any atom is 0.341 e. The molecular formula is C12H14O4.